The van der Waals surface area contributed by atoms with Gasteiger partial charge in [0, 0.05) is 88.0 Å². The van der Waals surface area contributed by atoms with Crippen LogP contribution in [0.3, 0.4) is 0 Å². The molecule has 0 spiro atoms. The Balaban J connectivity index is 0.000000233. The molecule has 28 heteroatoms. The van der Waals surface area contributed by atoms with Crippen molar-refractivity contribution in [2.24, 2.45) is 11.8 Å². The van der Waals surface area contributed by atoms with Crippen LogP contribution in [0.5, 0.6) is 0 Å². The van der Waals surface area contributed by atoms with Gasteiger partial charge in [-0.3, -0.25) is 24.1 Å². The Morgan fingerprint density at radius 3 is 1.62 bits per heavy atom. The van der Waals surface area contributed by atoms with E-state index in [1.807, 2.05) is 30.4 Å². The third-order valence-electron chi connectivity index (χ3n) is 16.7. The van der Waals surface area contributed by atoms with E-state index in [1.165, 1.54) is 26.8 Å². The number of aliphatic hydroxyl groups is 1. The summed E-state index contributed by atoms with van der Waals surface area (Å²) in [6.45, 7) is 16.4. The van der Waals surface area contributed by atoms with Gasteiger partial charge in [-0.1, -0.05) is 48.6 Å². The van der Waals surface area contributed by atoms with Crippen LogP contribution in [0.25, 0.3) is 0 Å². The van der Waals surface area contributed by atoms with Gasteiger partial charge in [-0.25, -0.2) is 32.8 Å². The van der Waals surface area contributed by atoms with Crippen molar-refractivity contribution < 1.29 is 90.2 Å². The van der Waals surface area contributed by atoms with E-state index >= 15 is 0 Å². The zero-order valence-corrected chi connectivity index (χ0v) is 54.8. The fourth-order valence-electron chi connectivity index (χ4n) is 12.0. The summed E-state index contributed by atoms with van der Waals surface area (Å²) in [5.74, 6) is -4.41. The van der Waals surface area contributed by atoms with E-state index in [-0.39, 0.29) is 108 Å². The van der Waals surface area contributed by atoms with Gasteiger partial charge in [0.25, 0.3) is 0 Å². The molecule has 8 aliphatic rings. The number of fused-ring (bicyclic) bond motifs is 6. The number of hydrogen-bond donors (Lipinski definition) is 6. The van der Waals surface area contributed by atoms with Crippen molar-refractivity contribution in [3.05, 3.63) is 94.6 Å². The zero-order valence-electron chi connectivity index (χ0n) is 54.0. The van der Waals surface area contributed by atoms with Gasteiger partial charge in [-0.05, 0) is 104 Å². The number of halogens is 3. The average Bonchev–Trinajstić information content (AvgIpc) is 1.59. The van der Waals surface area contributed by atoms with Crippen LogP contribution in [0, 0.1) is 23.5 Å². The van der Waals surface area contributed by atoms with Gasteiger partial charge in [0.05, 0.1) is 45.6 Å². The predicted molar refractivity (Wildman–Crippen MR) is 332 cm³/mol. The van der Waals surface area contributed by atoms with Crippen molar-refractivity contribution in [2.45, 2.75) is 192 Å². The van der Waals surface area contributed by atoms with Gasteiger partial charge in [0.2, 0.25) is 23.6 Å². The Morgan fingerprint density at radius 2 is 1.14 bits per heavy atom. The number of amides is 7. The molecule has 0 bridgehead atoms. The van der Waals surface area contributed by atoms with Gasteiger partial charge in [-0.15, -0.1) is 12.4 Å². The van der Waals surface area contributed by atoms with Crippen LogP contribution in [0.2, 0.25) is 0 Å². The number of ether oxygens (including phenoxy) is 7. The third-order valence-corrected chi connectivity index (χ3v) is 16.7. The first kappa shape index (κ1) is 73.0. The Hall–Kier alpha value is -7.46. The van der Waals surface area contributed by atoms with Crippen LogP contribution in [-0.2, 0) is 88.1 Å². The summed E-state index contributed by atoms with van der Waals surface area (Å²) in [6, 6.07) is 5.58. The number of carbonyl (C=O) groups is 9. The second kappa shape index (κ2) is 31.6. The number of hydrogen-bond acceptors (Lipinski definition) is 18. The van der Waals surface area contributed by atoms with Gasteiger partial charge >= 0.3 is 30.2 Å². The Kier molecular flexibility index (Phi) is 24.8. The molecular weight excluding hydrogens is 1240 g/mol. The minimum absolute atomic E-state index is 0. The molecule has 10 atom stereocenters. The average molecular weight is 1330 g/mol. The number of nitrogens with zero attached hydrogens (tertiary/aromatic N) is 3. The fraction of sp³-hybridized carbons (Fsp3) is 0.615. The molecule has 2 aliphatic carbocycles. The van der Waals surface area contributed by atoms with Crippen molar-refractivity contribution >= 4 is 66.3 Å². The van der Waals surface area contributed by atoms with Crippen molar-refractivity contribution in [3.8, 4) is 0 Å². The molecule has 6 aliphatic heterocycles. The minimum atomic E-state index is -1.30. The van der Waals surface area contributed by atoms with Crippen LogP contribution in [0.4, 0.5) is 23.2 Å². The highest BCUT2D eigenvalue weighted by atomic mass is 35.5. The predicted octanol–water partition coefficient (Wildman–Crippen LogP) is 5.44. The van der Waals surface area contributed by atoms with Crippen LogP contribution in [-0.4, -0.2) is 185 Å². The van der Waals surface area contributed by atoms with Gasteiger partial charge in [-0.2, -0.15) is 0 Å². The first-order valence-corrected chi connectivity index (χ1v) is 31.6. The molecule has 6 heterocycles. The van der Waals surface area contributed by atoms with Crippen LogP contribution >= 0.6 is 12.4 Å². The first-order chi connectivity index (χ1) is 43.6. The quantitative estimate of drug-likeness (QED) is 0.114. The summed E-state index contributed by atoms with van der Waals surface area (Å²) in [5.41, 5.74) is -1.06. The lowest BCUT2D eigenvalue weighted by Gasteiger charge is -2.30. The van der Waals surface area contributed by atoms with Gasteiger partial charge in [0.15, 0.2) is 0 Å². The highest BCUT2D eigenvalue weighted by molar-refractivity contribution is 5.98. The highest BCUT2D eigenvalue weighted by Crippen LogP contribution is 2.47. The van der Waals surface area contributed by atoms with E-state index in [0.29, 0.717) is 56.6 Å². The number of rotatable bonds is 7. The lowest BCUT2D eigenvalue weighted by molar-refractivity contribution is -0.150. The number of esters is 2. The molecule has 0 aromatic heterocycles. The normalized spacial score (nSPS) is 28.4. The Morgan fingerprint density at radius 1 is 0.656 bits per heavy atom. The molecule has 7 amide bonds. The minimum Gasteiger partial charge on any atom is -0.464 e. The number of nitrogens with one attached hydrogen (secondary N) is 5. The van der Waals surface area contributed by atoms with E-state index in [9.17, 15) is 57.0 Å². The second-order valence-electron chi connectivity index (χ2n) is 26.0. The summed E-state index contributed by atoms with van der Waals surface area (Å²) < 4.78 is 65.6. The number of carbonyl (C=O) groups excluding carboxylic acids is 9. The van der Waals surface area contributed by atoms with Crippen LogP contribution < -0.4 is 26.6 Å². The molecule has 93 heavy (non-hydrogen) atoms. The zero-order chi connectivity index (χ0) is 66.7. The molecule has 1 unspecified atom stereocenters. The van der Waals surface area contributed by atoms with Gasteiger partial charge in [0.1, 0.15) is 64.2 Å². The molecule has 2 aromatic carbocycles. The van der Waals surface area contributed by atoms with Crippen molar-refractivity contribution in [3.63, 3.8) is 0 Å². The van der Waals surface area contributed by atoms with Gasteiger partial charge < -0.3 is 74.6 Å². The fourth-order valence-corrected chi connectivity index (χ4v) is 12.0. The van der Waals surface area contributed by atoms with Crippen LogP contribution in [0.15, 0.2) is 60.7 Å². The molecule has 10 rings (SSSR count). The maximum atomic E-state index is 14.3. The third kappa shape index (κ3) is 18.9. The number of aliphatic hydroxyl groups excluding tert-OH is 1. The van der Waals surface area contributed by atoms with E-state index in [4.69, 9.17) is 33.2 Å². The van der Waals surface area contributed by atoms with Crippen LogP contribution in [0.1, 0.15) is 129 Å². The summed E-state index contributed by atoms with van der Waals surface area (Å²) in [6.07, 6.45) is 5.43. The summed E-state index contributed by atoms with van der Waals surface area (Å²) in [7, 11) is 0. The molecule has 512 valence electrons. The molecule has 2 saturated carbocycles. The monoisotopic (exact) mass is 1330 g/mol. The largest absolute Gasteiger partial charge is 0.464 e. The summed E-state index contributed by atoms with van der Waals surface area (Å²) in [4.78, 5) is 123. The Labute approximate surface area is 546 Å². The Bertz CT molecular complexity index is 3130. The number of benzene rings is 2. The summed E-state index contributed by atoms with van der Waals surface area (Å²) >= 11 is 0. The van der Waals surface area contributed by atoms with Crippen molar-refractivity contribution in [1.29, 1.82) is 0 Å². The molecule has 25 nitrogen and oxygen atoms in total. The lowest BCUT2D eigenvalue weighted by atomic mass is 10.1. The second-order valence-corrected chi connectivity index (χ2v) is 26.0. The topological polar surface area (TPSA) is 308 Å². The molecule has 4 fully saturated rings. The smallest absolute Gasteiger partial charge is 0.410 e. The molecule has 0 radical (unpaired) electrons. The first-order valence-electron chi connectivity index (χ1n) is 31.6. The van der Waals surface area contributed by atoms with E-state index in [1.54, 1.807) is 73.6 Å². The number of alkyl carbamates (subject to hydrolysis) is 2. The highest BCUT2D eigenvalue weighted by Gasteiger charge is 2.63. The maximum absolute atomic E-state index is 14.3. The molecule has 2 aromatic rings. The summed E-state index contributed by atoms with van der Waals surface area (Å²) in [5, 5.41) is 24.3. The van der Waals surface area contributed by atoms with E-state index in [0.717, 1.165) is 17.7 Å². The maximum Gasteiger partial charge on any atom is 0.410 e. The molecule has 2 saturated heterocycles. The van der Waals surface area contributed by atoms with Crippen molar-refractivity contribution in [1.82, 2.24) is 41.3 Å². The van der Waals surface area contributed by atoms with E-state index < -0.39 is 118 Å². The standard InChI is InChI=1S/C33H43FN4O9.C24H37N3O8.C8H8FN.ClH/c1-5-45-29(41)33-16-21(33)10-6-7-13-44-14-12-25(35-30(42)47-32(2,3)4)28(40)38-18-22(15-26(38)27(39)36-33)46-31(43)37-17-20-9-8-11-24(34)23(20)19-37;1-5-34-21(31)24-13-15(24)8-6-7-10-33-11-9-17(25-22(32)35-23(2,3)4)20(30)27-14-16(28)12-18(27)19(29)26-24;9-8-3-1-2-6-4-10-5-7(6)8;/h6,8-11,21-22,25-26H,5,7,12-19H2,1-4H3,(H,35,42)(H,36,39);6,8,15-18,28H,5,7,9-14H2,1-4H3,(H,25,32)(H,26,29);1-3,10H,4-5H2;1H/b10-6-;8-6-;;/t21-,22-,25+,26+,33-;15?,16-,17+,18+,24-;;/m11../s1. The lowest BCUT2D eigenvalue weighted by Crippen LogP contribution is -2.57. The molecule has 6 N–H and O–H groups in total. The molecular formula is C65H89ClF2N8O17. The SMILES string of the molecule is CCOC(=O)[C@@]12CC1/C=C\CCOCC[C@H](NC(=O)OC(C)(C)C)C(=O)N1C[C@H](O)C[C@H]1C(=O)N2.CCOC(=O)[C@@]12C[C@H]1/C=C\CCOCC[C@H](NC(=O)OC(C)(C)C)C(=O)N1C[C@H](OC(=O)N3Cc4cccc(F)c4C3)C[C@H]1C(=O)N2.Cl.Fc1cccc2c1CNC2. The van der Waals surface area contributed by atoms with E-state index in [2.05, 4.69) is 26.6 Å². The van der Waals surface area contributed by atoms with Crippen molar-refractivity contribution in [2.75, 3.05) is 52.7 Å².